The van der Waals surface area contributed by atoms with Crippen LogP contribution >= 0.6 is 0 Å². The summed E-state index contributed by atoms with van der Waals surface area (Å²) < 4.78 is 6.64. The first-order valence-corrected chi connectivity index (χ1v) is 50.0. The molecule has 0 aliphatic heterocycles. The lowest BCUT2D eigenvalue weighted by Gasteiger charge is -2.19. The fraction of sp³-hybridized carbons (Fsp3) is 0. The molecule has 0 saturated carbocycles. The Balaban J connectivity index is 0.000000109. The summed E-state index contributed by atoms with van der Waals surface area (Å²) in [6.45, 7) is 0. The van der Waals surface area contributed by atoms with Crippen LogP contribution in [-0.4, -0.2) is 43.6 Å². The molecule has 0 aliphatic rings. The van der Waals surface area contributed by atoms with Crippen molar-refractivity contribution in [3.8, 4) is 130 Å². The van der Waals surface area contributed by atoms with E-state index in [9.17, 15) is 0 Å². The lowest BCUT2D eigenvalue weighted by atomic mass is 9.84. The van der Waals surface area contributed by atoms with E-state index in [1.54, 1.807) is 0 Å². The third kappa shape index (κ3) is 15.0. The Hall–Kier alpha value is -19.7. The van der Waals surface area contributed by atoms with Crippen LogP contribution in [0.5, 0.6) is 0 Å². The summed E-state index contributed by atoms with van der Waals surface area (Å²) in [7, 11) is 0. The van der Waals surface area contributed by atoms with Crippen LogP contribution in [-0.2, 0) is 0 Å². The molecule has 0 aliphatic carbocycles. The maximum absolute atomic E-state index is 5.06. The van der Waals surface area contributed by atoms with E-state index in [1.165, 1.54) is 180 Å². The van der Waals surface area contributed by atoms with Gasteiger partial charge in [-0.3, -0.25) is 28.7 Å². The van der Waals surface area contributed by atoms with E-state index in [0.717, 1.165) is 101 Å². The monoisotopic (exact) mass is 1870 g/mol. The zero-order valence-corrected chi connectivity index (χ0v) is 79.8. The number of imidazole rings is 3. The highest BCUT2D eigenvalue weighted by Gasteiger charge is 2.26. The van der Waals surface area contributed by atoms with Gasteiger partial charge in [-0.25, -0.2) is 15.0 Å². The molecule has 0 fully saturated rings. The molecule has 9 heteroatoms. The first-order valence-electron chi connectivity index (χ1n) is 50.0. The van der Waals surface area contributed by atoms with Crippen LogP contribution in [0, 0.1) is 0 Å². The molecule has 6 heterocycles. The third-order valence-electron chi connectivity index (χ3n) is 29.4. The van der Waals surface area contributed by atoms with Gasteiger partial charge < -0.3 is 0 Å². The van der Waals surface area contributed by atoms with E-state index in [-0.39, 0.29) is 0 Å². The summed E-state index contributed by atoms with van der Waals surface area (Å²) in [5, 5.41) is 27.7. The number of fused-ring (bicyclic) bond motifs is 11. The molecule has 0 N–H and O–H groups in total. The van der Waals surface area contributed by atoms with Gasteiger partial charge in [0, 0.05) is 35.7 Å². The molecule has 0 spiro atoms. The minimum absolute atomic E-state index is 0.822. The van der Waals surface area contributed by atoms with E-state index in [0.29, 0.717) is 0 Å². The second-order valence-corrected chi connectivity index (χ2v) is 37.9. The van der Waals surface area contributed by atoms with Crippen molar-refractivity contribution in [2.24, 2.45) is 0 Å². The maximum atomic E-state index is 5.06. The highest BCUT2D eigenvalue weighted by atomic mass is 15.1. The first-order chi connectivity index (χ1) is 72.9. The van der Waals surface area contributed by atoms with Gasteiger partial charge in [0.15, 0.2) is 17.5 Å². The average Bonchev–Trinajstić information content (AvgIpc) is 1.46. The van der Waals surface area contributed by atoms with Gasteiger partial charge in [0.2, 0.25) is 0 Å². The Labute approximate surface area is 846 Å². The van der Waals surface area contributed by atoms with E-state index in [4.69, 9.17) is 19.9 Å². The summed E-state index contributed by atoms with van der Waals surface area (Å²) in [5.41, 5.74) is 28.6. The Morgan fingerprint density at radius 3 is 0.844 bits per heavy atom. The molecule has 0 saturated heterocycles. The van der Waals surface area contributed by atoms with E-state index in [2.05, 4.69) is 460 Å². The molecular formula is C138H87N9. The van der Waals surface area contributed by atoms with Crippen molar-refractivity contribution in [1.82, 2.24) is 43.6 Å². The van der Waals surface area contributed by atoms with E-state index in [1.807, 2.05) is 91.4 Å². The molecule has 0 bridgehead atoms. The summed E-state index contributed by atoms with van der Waals surface area (Å²) >= 11 is 0. The van der Waals surface area contributed by atoms with Gasteiger partial charge in [0.1, 0.15) is 17.1 Å². The fourth-order valence-electron chi connectivity index (χ4n) is 22.6. The first kappa shape index (κ1) is 85.3. The number of para-hydroxylation sites is 6. The van der Waals surface area contributed by atoms with Gasteiger partial charge in [0.05, 0.1) is 33.1 Å². The molecule has 30 aromatic rings. The molecule has 9 nitrogen and oxygen atoms in total. The van der Waals surface area contributed by atoms with E-state index >= 15 is 0 Å². The van der Waals surface area contributed by atoms with Crippen molar-refractivity contribution >= 4 is 152 Å². The Bertz CT molecular complexity index is 10400. The zero-order valence-electron chi connectivity index (χ0n) is 79.8. The van der Waals surface area contributed by atoms with Crippen molar-refractivity contribution in [2.45, 2.75) is 0 Å². The fourth-order valence-corrected chi connectivity index (χ4v) is 22.6. The summed E-state index contributed by atoms with van der Waals surface area (Å²) in [5.74, 6) is 2.49. The van der Waals surface area contributed by atoms with Crippen LogP contribution in [0.15, 0.2) is 528 Å². The minimum atomic E-state index is 0.822. The van der Waals surface area contributed by atoms with Gasteiger partial charge in [-0.1, -0.05) is 364 Å². The molecule has 147 heavy (non-hydrogen) atoms. The van der Waals surface area contributed by atoms with Crippen molar-refractivity contribution < 1.29 is 0 Å². The van der Waals surface area contributed by atoms with Crippen LogP contribution in [0.4, 0.5) is 0 Å². The topological polar surface area (TPSA) is 92.1 Å². The minimum Gasteiger partial charge on any atom is -0.291 e. The van der Waals surface area contributed by atoms with Crippen LogP contribution in [0.3, 0.4) is 0 Å². The molecule has 0 radical (unpaired) electrons. The molecule has 0 atom stereocenters. The van der Waals surface area contributed by atoms with E-state index < -0.39 is 0 Å². The highest BCUT2D eigenvalue weighted by Crippen LogP contribution is 2.51. The smallest absolute Gasteiger partial charge is 0.164 e. The van der Waals surface area contributed by atoms with Crippen LogP contribution < -0.4 is 0 Å². The van der Waals surface area contributed by atoms with Gasteiger partial charge >= 0.3 is 0 Å². The average molecular weight is 1870 g/mol. The van der Waals surface area contributed by atoms with Crippen molar-refractivity contribution in [3.05, 3.63) is 528 Å². The Morgan fingerprint density at radius 2 is 0.435 bits per heavy atom. The molecule has 30 rings (SSSR count). The van der Waals surface area contributed by atoms with Gasteiger partial charge in [-0.15, -0.1) is 0 Å². The number of hydrogen-bond donors (Lipinski definition) is 0. The Morgan fingerprint density at radius 1 is 0.150 bits per heavy atom. The lowest BCUT2D eigenvalue weighted by Crippen LogP contribution is -1.99. The third-order valence-corrected chi connectivity index (χ3v) is 29.4. The van der Waals surface area contributed by atoms with Crippen molar-refractivity contribution in [3.63, 3.8) is 0 Å². The predicted molar refractivity (Wildman–Crippen MR) is 615 cm³/mol. The summed E-state index contributed by atoms with van der Waals surface area (Å²) in [6, 6.07) is 183. The number of hydrogen-bond acceptors (Lipinski definition) is 6. The summed E-state index contributed by atoms with van der Waals surface area (Å²) in [6.07, 6.45) is 5.46. The van der Waals surface area contributed by atoms with Crippen molar-refractivity contribution in [1.29, 1.82) is 0 Å². The maximum Gasteiger partial charge on any atom is 0.164 e. The SMILES string of the molecule is c1ccc(-c2nc3ccccc3n2-c2ccc(-c3ccc4c(-c5ccc6ccccc6c5)c5ccccc5c(-c5ccc6ccccc6c5)c4c3)cc2)nc1.c1ccc(-c2nc3ccccc3n2-c2ccc(-c3ccc4ccc5cccc6ccc3c4c56)cc2)nc1.c1ccc(-c2nc3ccccc3n2-c2cccc(-c3ccc4c(-c5ccc6ccccc6c5)c5ccccc5c(-c5ccc6ccccc6c5)c4c3)c2)nc1. The molecular weight excluding hydrogens is 1780 g/mol. The second kappa shape index (κ2) is 35.8. The van der Waals surface area contributed by atoms with Crippen LogP contribution in [0.2, 0.25) is 0 Å². The second-order valence-electron chi connectivity index (χ2n) is 37.9. The molecule has 684 valence electrons. The molecule has 0 unspecified atom stereocenters. The standard InChI is InChI=1S/2C52H33N3.C34H21N3/c1-3-14-36-30-40(25-23-34(36)12-1)50-43-18-5-6-19-44(43)51(41-26-24-35-13-2-4-15-37(35)31-41)46-33-39(27-28-45(46)50)38-16-11-17-42(32-38)55-49-22-8-7-20-47(49)54-52(55)48-21-9-10-29-53-48;1-3-13-37-31-40(22-20-34(37)11-1)50-43-15-5-6-16-44(43)51(41-23-21-35-12-2-4-14-38(35)32-41)46-33-39(26-29-45(46)50)36-24-27-42(28-25-36)55-49-19-8-7-17-47(49)54-52(55)48-18-9-10-30-53-48;1-2-10-31-29(8-1)36-34(30-9-3-4-21-35-30)37(31)26-17-13-22(14-18-26)27-19-15-25-12-11-23-6-5-7-24-16-20-28(27)33(25)32(23)24/h2*1-33H;1-21H. The Kier molecular flexibility index (Phi) is 20.8. The molecule has 24 aromatic carbocycles. The van der Waals surface area contributed by atoms with Gasteiger partial charge in [-0.05, 0) is 342 Å². The predicted octanol–water partition coefficient (Wildman–Crippen LogP) is 36.1. The van der Waals surface area contributed by atoms with Crippen LogP contribution in [0.1, 0.15) is 0 Å². The van der Waals surface area contributed by atoms with Crippen molar-refractivity contribution in [2.75, 3.05) is 0 Å². The number of pyridine rings is 3. The van der Waals surface area contributed by atoms with Crippen LogP contribution in [0.25, 0.3) is 281 Å². The number of aromatic nitrogens is 9. The number of rotatable bonds is 13. The van der Waals surface area contributed by atoms with Gasteiger partial charge in [0.25, 0.3) is 0 Å². The number of nitrogens with zero attached hydrogens (tertiary/aromatic N) is 9. The normalized spacial score (nSPS) is 11.7. The lowest BCUT2D eigenvalue weighted by molar-refractivity contribution is 1.08. The quantitative estimate of drug-likeness (QED) is 0.0844. The molecule has 0 amide bonds. The van der Waals surface area contributed by atoms with Gasteiger partial charge in [-0.2, -0.15) is 0 Å². The zero-order chi connectivity index (χ0) is 96.9. The summed E-state index contributed by atoms with van der Waals surface area (Å²) in [4.78, 5) is 28.9. The largest absolute Gasteiger partial charge is 0.291 e. The number of benzene rings is 24. The highest BCUT2D eigenvalue weighted by molar-refractivity contribution is 6.27. The molecule has 6 aromatic heterocycles.